The maximum absolute atomic E-state index is 13.0. The first-order valence-electron chi connectivity index (χ1n) is 5.88. The van der Waals surface area contributed by atoms with E-state index in [1.165, 1.54) is 12.1 Å². The van der Waals surface area contributed by atoms with E-state index in [-0.39, 0.29) is 18.2 Å². The summed E-state index contributed by atoms with van der Waals surface area (Å²) in [4.78, 5) is 0. The zero-order chi connectivity index (χ0) is 13.8. The summed E-state index contributed by atoms with van der Waals surface area (Å²) in [7, 11) is 0. The Labute approximate surface area is 116 Å². The van der Waals surface area contributed by atoms with E-state index >= 15 is 0 Å². The molecule has 0 amide bonds. The van der Waals surface area contributed by atoms with Gasteiger partial charge in [0.15, 0.2) is 0 Å². The lowest BCUT2D eigenvalue weighted by molar-refractivity contribution is 0.258. The van der Waals surface area contributed by atoms with Gasteiger partial charge < -0.3 is 9.84 Å². The SMILES string of the molecule is Cc1cccc(CO)c1OCc1ccc(F)c(Cl)c1. The molecular weight excluding hydrogens is 267 g/mol. The van der Waals surface area contributed by atoms with Crippen molar-refractivity contribution in [1.82, 2.24) is 0 Å². The predicted molar refractivity (Wildman–Crippen MR) is 72.8 cm³/mol. The van der Waals surface area contributed by atoms with Crippen LogP contribution in [0.25, 0.3) is 0 Å². The highest BCUT2D eigenvalue weighted by Gasteiger charge is 2.07. The molecular formula is C15H14ClFO2. The second-order valence-corrected chi connectivity index (χ2v) is 4.67. The van der Waals surface area contributed by atoms with Crippen LogP contribution < -0.4 is 4.74 Å². The van der Waals surface area contributed by atoms with Crippen LogP contribution in [-0.4, -0.2) is 5.11 Å². The molecule has 0 atom stereocenters. The summed E-state index contributed by atoms with van der Waals surface area (Å²) in [5.74, 6) is 0.211. The number of hydrogen-bond donors (Lipinski definition) is 1. The summed E-state index contributed by atoms with van der Waals surface area (Å²) in [6.07, 6.45) is 0. The molecule has 100 valence electrons. The van der Waals surface area contributed by atoms with E-state index in [1.807, 2.05) is 19.1 Å². The second-order valence-electron chi connectivity index (χ2n) is 4.26. The summed E-state index contributed by atoms with van der Waals surface area (Å²) in [6.45, 7) is 2.10. The Morgan fingerprint density at radius 2 is 2.05 bits per heavy atom. The van der Waals surface area contributed by atoms with Crippen LogP contribution in [0.5, 0.6) is 5.75 Å². The van der Waals surface area contributed by atoms with Crippen molar-refractivity contribution in [3.63, 3.8) is 0 Å². The van der Waals surface area contributed by atoms with E-state index in [0.717, 1.165) is 16.7 Å². The second kappa shape index (κ2) is 6.04. The average Bonchev–Trinajstić information content (AvgIpc) is 2.41. The molecule has 2 aromatic carbocycles. The third-order valence-electron chi connectivity index (χ3n) is 2.83. The first kappa shape index (κ1) is 13.8. The van der Waals surface area contributed by atoms with Gasteiger partial charge in [0.2, 0.25) is 0 Å². The van der Waals surface area contributed by atoms with Crippen molar-refractivity contribution in [1.29, 1.82) is 0 Å². The van der Waals surface area contributed by atoms with Gasteiger partial charge in [-0.3, -0.25) is 0 Å². The fraction of sp³-hybridized carbons (Fsp3) is 0.200. The lowest BCUT2D eigenvalue weighted by atomic mass is 10.1. The Balaban J connectivity index is 2.16. The Morgan fingerprint density at radius 1 is 1.26 bits per heavy atom. The predicted octanol–water partition coefficient (Wildman–Crippen LogP) is 3.86. The smallest absolute Gasteiger partial charge is 0.141 e. The standard InChI is InChI=1S/C15H14ClFO2/c1-10-3-2-4-12(8-18)15(10)19-9-11-5-6-14(17)13(16)7-11/h2-7,18H,8-9H2,1H3. The van der Waals surface area contributed by atoms with E-state index < -0.39 is 5.82 Å². The van der Waals surface area contributed by atoms with Crippen LogP contribution >= 0.6 is 11.6 Å². The van der Waals surface area contributed by atoms with Crippen molar-refractivity contribution in [3.05, 3.63) is 63.9 Å². The van der Waals surface area contributed by atoms with Crippen LogP contribution in [0.3, 0.4) is 0 Å². The van der Waals surface area contributed by atoms with E-state index in [1.54, 1.807) is 12.1 Å². The quantitative estimate of drug-likeness (QED) is 0.921. The molecule has 0 spiro atoms. The summed E-state index contributed by atoms with van der Waals surface area (Å²) in [5.41, 5.74) is 2.45. The number of aryl methyl sites for hydroxylation is 1. The van der Waals surface area contributed by atoms with Gasteiger partial charge in [0.25, 0.3) is 0 Å². The maximum atomic E-state index is 13.0. The van der Waals surface area contributed by atoms with Crippen LogP contribution in [0.1, 0.15) is 16.7 Å². The molecule has 0 saturated carbocycles. The van der Waals surface area contributed by atoms with Gasteiger partial charge in [0.05, 0.1) is 11.6 Å². The number of aliphatic hydroxyl groups excluding tert-OH is 1. The summed E-state index contributed by atoms with van der Waals surface area (Å²) >= 11 is 5.71. The molecule has 0 heterocycles. The lowest BCUT2D eigenvalue weighted by Crippen LogP contribution is -2.01. The fourth-order valence-corrected chi connectivity index (χ4v) is 2.03. The molecule has 2 aromatic rings. The number of benzene rings is 2. The molecule has 2 rings (SSSR count). The summed E-state index contributed by atoms with van der Waals surface area (Å²) in [6, 6.07) is 10.0. The number of aliphatic hydroxyl groups is 1. The molecule has 0 aromatic heterocycles. The van der Waals surface area contributed by atoms with E-state index in [2.05, 4.69) is 0 Å². The van der Waals surface area contributed by atoms with Crippen LogP contribution in [0.15, 0.2) is 36.4 Å². The lowest BCUT2D eigenvalue weighted by Gasteiger charge is -2.13. The number of para-hydroxylation sites is 1. The van der Waals surface area contributed by atoms with Crippen molar-refractivity contribution in [2.24, 2.45) is 0 Å². The van der Waals surface area contributed by atoms with Gasteiger partial charge in [0.1, 0.15) is 18.2 Å². The zero-order valence-corrected chi connectivity index (χ0v) is 11.2. The number of ether oxygens (including phenoxy) is 1. The highest BCUT2D eigenvalue weighted by molar-refractivity contribution is 6.30. The van der Waals surface area contributed by atoms with E-state index in [0.29, 0.717) is 5.75 Å². The summed E-state index contributed by atoms with van der Waals surface area (Å²) < 4.78 is 18.7. The minimum Gasteiger partial charge on any atom is -0.488 e. The van der Waals surface area contributed by atoms with Crippen LogP contribution in [-0.2, 0) is 13.2 Å². The monoisotopic (exact) mass is 280 g/mol. The average molecular weight is 281 g/mol. The van der Waals surface area contributed by atoms with Gasteiger partial charge in [-0.25, -0.2) is 4.39 Å². The van der Waals surface area contributed by atoms with E-state index in [4.69, 9.17) is 16.3 Å². The minimum absolute atomic E-state index is 0.0771. The molecule has 0 radical (unpaired) electrons. The van der Waals surface area contributed by atoms with Gasteiger partial charge >= 0.3 is 0 Å². The van der Waals surface area contributed by atoms with Gasteiger partial charge in [-0.15, -0.1) is 0 Å². The van der Waals surface area contributed by atoms with E-state index in [9.17, 15) is 9.50 Å². The van der Waals surface area contributed by atoms with Gasteiger partial charge in [-0.2, -0.15) is 0 Å². The maximum Gasteiger partial charge on any atom is 0.141 e. The molecule has 19 heavy (non-hydrogen) atoms. The minimum atomic E-state index is -0.447. The van der Waals surface area contributed by atoms with Gasteiger partial charge in [-0.05, 0) is 30.2 Å². The molecule has 4 heteroatoms. The number of rotatable bonds is 4. The molecule has 0 unspecified atom stereocenters. The highest BCUT2D eigenvalue weighted by atomic mass is 35.5. The Kier molecular flexibility index (Phi) is 4.40. The first-order valence-corrected chi connectivity index (χ1v) is 6.25. The number of halogens is 2. The molecule has 1 N–H and O–H groups in total. The van der Waals surface area contributed by atoms with Crippen LogP contribution in [0, 0.1) is 12.7 Å². The molecule has 0 saturated heterocycles. The molecule has 0 fully saturated rings. The van der Waals surface area contributed by atoms with Crippen molar-refractivity contribution in [2.45, 2.75) is 20.1 Å². The largest absolute Gasteiger partial charge is 0.488 e. The normalized spacial score (nSPS) is 10.5. The Morgan fingerprint density at radius 3 is 2.74 bits per heavy atom. The van der Waals surface area contributed by atoms with Crippen LogP contribution in [0.2, 0.25) is 5.02 Å². The fourth-order valence-electron chi connectivity index (χ4n) is 1.83. The van der Waals surface area contributed by atoms with Crippen LogP contribution in [0.4, 0.5) is 4.39 Å². The third-order valence-corrected chi connectivity index (χ3v) is 3.12. The molecule has 0 aliphatic rings. The van der Waals surface area contributed by atoms with Gasteiger partial charge in [-0.1, -0.05) is 35.9 Å². The first-order chi connectivity index (χ1) is 9.11. The van der Waals surface area contributed by atoms with Crippen molar-refractivity contribution < 1.29 is 14.2 Å². The zero-order valence-electron chi connectivity index (χ0n) is 10.5. The van der Waals surface area contributed by atoms with Gasteiger partial charge in [0, 0.05) is 5.56 Å². The van der Waals surface area contributed by atoms with Crippen molar-refractivity contribution in [3.8, 4) is 5.75 Å². The van der Waals surface area contributed by atoms with Crippen molar-refractivity contribution in [2.75, 3.05) is 0 Å². The topological polar surface area (TPSA) is 29.5 Å². The Hall–Kier alpha value is -1.58. The number of hydrogen-bond acceptors (Lipinski definition) is 2. The molecule has 0 bridgehead atoms. The molecule has 0 aliphatic heterocycles. The summed E-state index contributed by atoms with van der Waals surface area (Å²) in [5, 5.41) is 9.35. The molecule has 2 nitrogen and oxygen atoms in total. The Bertz CT molecular complexity index is 584. The third kappa shape index (κ3) is 3.25. The van der Waals surface area contributed by atoms with Crippen molar-refractivity contribution >= 4 is 11.6 Å². The molecule has 0 aliphatic carbocycles. The highest BCUT2D eigenvalue weighted by Crippen LogP contribution is 2.25.